The number of carbonyl (C=O) groups is 2. The van der Waals surface area contributed by atoms with Crippen LogP contribution >= 0.6 is 11.3 Å². The molecule has 1 heterocycles. The number of rotatable bonds is 5. The Morgan fingerprint density at radius 3 is 2.62 bits per heavy atom. The molecule has 2 aromatic carbocycles. The second-order valence-electron chi connectivity index (χ2n) is 5.98. The maximum Gasteiger partial charge on any atom is 0.338 e. The smallest absolute Gasteiger partial charge is 0.338 e. The lowest BCUT2D eigenvalue weighted by atomic mass is 10.2. The first-order valence-corrected chi connectivity index (χ1v) is 9.48. The Balaban J connectivity index is 1.84. The first-order valence-electron chi connectivity index (χ1n) is 8.67. The van der Waals surface area contributed by atoms with Crippen LogP contribution < -0.4 is 4.80 Å². The fraction of sp³-hybridized carbons (Fsp3) is 0.150. The van der Waals surface area contributed by atoms with Crippen molar-refractivity contribution in [2.45, 2.75) is 6.92 Å². The number of ether oxygens (including phenoxy) is 1. The standard InChI is InChI=1S/C20H17N3O5S/c1-3-28-19(25)14-7-10-16-17(12-14)29-20(22(16)2)21-18(24)11-6-13-4-8-15(9-5-13)23(26)27/h4-12H,3H2,1-2H3. The monoisotopic (exact) mass is 411 g/mol. The molecule has 0 bridgehead atoms. The van der Waals surface area contributed by atoms with Gasteiger partial charge in [-0.2, -0.15) is 4.99 Å². The normalized spacial score (nSPS) is 11.9. The summed E-state index contributed by atoms with van der Waals surface area (Å²) in [5.41, 5.74) is 1.92. The van der Waals surface area contributed by atoms with Gasteiger partial charge in [0.2, 0.25) is 0 Å². The number of nitrogens with zero attached hydrogens (tertiary/aromatic N) is 3. The molecule has 3 aromatic rings. The number of nitro groups is 1. The summed E-state index contributed by atoms with van der Waals surface area (Å²) in [4.78, 5) is 38.9. The molecule has 29 heavy (non-hydrogen) atoms. The number of nitro benzene ring substituents is 1. The number of aryl methyl sites for hydroxylation is 1. The van der Waals surface area contributed by atoms with Gasteiger partial charge in [-0.15, -0.1) is 0 Å². The lowest BCUT2D eigenvalue weighted by Crippen LogP contribution is -2.12. The van der Waals surface area contributed by atoms with Gasteiger partial charge in [0.05, 0.1) is 27.3 Å². The molecular formula is C20H17N3O5S. The number of hydrogen-bond donors (Lipinski definition) is 0. The van der Waals surface area contributed by atoms with Gasteiger partial charge in [-0.25, -0.2) is 4.79 Å². The van der Waals surface area contributed by atoms with Gasteiger partial charge in [0.15, 0.2) is 4.80 Å². The van der Waals surface area contributed by atoms with Crippen LogP contribution in [0.1, 0.15) is 22.8 Å². The summed E-state index contributed by atoms with van der Waals surface area (Å²) in [6.07, 6.45) is 2.84. The summed E-state index contributed by atoms with van der Waals surface area (Å²) in [5, 5.41) is 10.7. The first-order chi connectivity index (χ1) is 13.9. The summed E-state index contributed by atoms with van der Waals surface area (Å²) < 4.78 is 7.59. The Bertz CT molecular complexity index is 1190. The zero-order chi connectivity index (χ0) is 21.0. The van der Waals surface area contributed by atoms with Gasteiger partial charge in [0.25, 0.3) is 11.6 Å². The molecular weight excluding hydrogens is 394 g/mol. The van der Waals surface area contributed by atoms with Crippen molar-refractivity contribution in [3.63, 3.8) is 0 Å². The molecule has 0 fully saturated rings. The Hall–Kier alpha value is -3.59. The number of aromatic nitrogens is 1. The fourth-order valence-electron chi connectivity index (χ4n) is 2.59. The van der Waals surface area contributed by atoms with Crippen LogP contribution in [0.5, 0.6) is 0 Å². The van der Waals surface area contributed by atoms with Gasteiger partial charge in [-0.05, 0) is 48.9 Å². The SMILES string of the molecule is CCOC(=O)c1ccc2c(c1)sc(=NC(=O)C=Cc1ccc([N+](=O)[O-])cc1)n2C. The highest BCUT2D eigenvalue weighted by Crippen LogP contribution is 2.19. The van der Waals surface area contributed by atoms with Gasteiger partial charge >= 0.3 is 5.97 Å². The van der Waals surface area contributed by atoms with E-state index in [9.17, 15) is 19.7 Å². The fourth-order valence-corrected chi connectivity index (χ4v) is 3.65. The number of fused-ring (bicyclic) bond motifs is 1. The Labute approximate surface area is 169 Å². The molecule has 0 aliphatic carbocycles. The second-order valence-corrected chi connectivity index (χ2v) is 6.99. The summed E-state index contributed by atoms with van der Waals surface area (Å²) in [5.74, 6) is -0.859. The zero-order valence-electron chi connectivity index (χ0n) is 15.7. The number of benzene rings is 2. The average Bonchev–Trinajstić information content (AvgIpc) is 3.01. The molecule has 0 saturated heterocycles. The van der Waals surface area contributed by atoms with Gasteiger partial charge < -0.3 is 9.30 Å². The van der Waals surface area contributed by atoms with Crippen LogP contribution in [0.4, 0.5) is 5.69 Å². The predicted molar refractivity (Wildman–Crippen MR) is 109 cm³/mol. The summed E-state index contributed by atoms with van der Waals surface area (Å²) in [6.45, 7) is 2.04. The van der Waals surface area contributed by atoms with E-state index in [-0.39, 0.29) is 5.69 Å². The van der Waals surface area contributed by atoms with Crippen molar-refractivity contribution in [3.8, 4) is 0 Å². The van der Waals surface area contributed by atoms with Crippen molar-refractivity contribution < 1.29 is 19.2 Å². The molecule has 0 saturated carbocycles. The van der Waals surface area contributed by atoms with Crippen molar-refractivity contribution in [2.24, 2.45) is 12.0 Å². The van der Waals surface area contributed by atoms with E-state index in [1.54, 1.807) is 54.9 Å². The van der Waals surface area contributed by atoms with E-state index in [0.29, 0.717) is 22.5 Å². The van der Waals surface area contributed by atoms with E-state index in [0.717, 1.165) is 10.2 Å². The maximum atomic E-state index is 12.2. The van der Waals surface area contributed by atoms with E-state index < -0.39 is 16.8 Å². The van der Waals surface area contributed by atoms with Gasteiger partial charge in [0, 0.05) is 25.3 Å². The van der Waals surface area contributed by atoms with E-state index in [1.807, 2.05) is 0 Å². The van der Waals surface area contributed by atoms with Crippen molar-refractivity contribution >= 4 is 45.2 Å². The third-order valence-corrected chi connectivity index (χ3v) is 5.14. The molecule has 3 rings (SSSR count). The van der Waals surface area contributed by atoms with Crippen LogP contribution in [-0.4, -0.2) is 28.0 Å². The molecule has 0 aliphatic heterocycles. The van der Waals surface area contributed by atoms with Crippen LogP contribution in [0, 0.1) is 10.1 Å². The van der Waals surface area contributed by atoms with E-state index in [4.69, 9.17) is 4.74 Å². The highest BCUT2D eigenvalue weighted by atomic mass is 32.1. The average molecular weight is 411 g/mol. The van der Waals surface area contributed by atoms with Gasteiger partial charge in [-0.1, -0.05) is 11.3 Å². The van der Waals surface area contributed by atoms with Crippen LogP contribution in [0.25, 0.3) is 16.3 Å². The van der Waals surface area contributed by atoms with Crippen molar-refractivity contribution in [2.75, 3.05) is 6.61 Å². The van der Waals surface area contributed by atoms with E-state index in [1.165, 1.54) is 29.5 Å². The minimum absolute atomic E-state index is 0.0161. The molecule has 0 spiro atoms. The quantitative estimate of drug-likeness (QED) is 0.277. The number of carbonyl (C=O) groups excluding carboxylic acids is 2. The number of hydrogen-bond acceptors (Lipinski definition) is 6. The molecule has 0 unspecified atom stereocenters. The molecule has 148 valence electrons. The van der Waals surface area contributed by atoms with Crippen molar-refractivity contribution in [1.82, 2.24) is 4.57 Å². The van der Waals surface area contributed by atoms with Crippen LogP contribution in [-0.2, 0) is 16.6 Å². The predicted octanol–water partition coefficient (Wildman–Crippen LogP) is 3.47. The summed E-state index contributed by atoms with van der Waals surface area (Å²) in [6, 6.07) is 11.0. The highest BCUT2D eigenvalue weighted by Gasteiger charge is 2.10. The Kier molecular flexibility index (Phi) is 5.99. The van der Waals surface area contributed by atoms with Crippen molar-refractivity contribution in [3.05, 3.63) is 74.6 Å². The third kappa shape index (κ3) is 4.64. The highest BCUT2D eigenvalue weighted by molar-refractivity contribution is 7.16. The topological polar surface area (TPSA) is 104 Å². The number of non-ortho nitro benzene ring substituents is 1. The summed E-state index contributed by atoms with van der Waals surface area (Å²) in [7, 11) is 1.79. The minimum atomic E-state index is -0.483. The maximum absolute atomic E-state index is 12.2. The van der Waals surface area contributed by atoms with E-state index >= 15 is 0 Å². The van der Waals surface area contributed by atoms with Gasteiger partial charge in [-0.3, -0.25) is 14.9 Å². The number of esters is 1. The van der Waals surface area contributed by atoms with E-state index in [2.05, 4.69) is 4.99 Å². The van der Waals surface area contributed by atoms with Crippen LogP contribution in [0.3, 0.4) is 0 Å². The third-order valence-electron chi connectivity index (χ3n) is 4.05. The molecule has 1 aromatic heterocycles. The molecule has 0 atom stereocenters. The molecule has 8 nitrogen and oxygen atoms in total. The zero-order valence-corrected chi connectivity index (χ0v) is 16.5. The molecule has 1 amide bonds. The van der Waals surface area contributed by atoms with Gasteiger partial charge in [0.1, 0.15) is 0 Å². The number of thiazole rings is 1. The largest absolute Gasteiger partial charge is 0.462 e. The lowest BCUT2D eigenvalue weighted by molar-refractivity contribution is -0.384. The van der Waals surface area contributed by atoms with Crippen LogP contribution in [0.2, 0.25) is 0 Å². The molecule has 9 heteroatoms. The second kappa shape index (κ2) is 8.61. The lowest BCUT2D eigenvalue weighted by Gasteiger charge is -2.01. The number of amides is 1. The molecule has 0 radical (unpaired) electrons. The molecule has 0 aliphatic rings. The van der Waals surface area contributed by atoms with Crippen LogP contribution in [0.15, 0.2) is 53.5 Å². The first kappa shape index (κ1) is 20.2. The summed E-state index contributed by atoms with van der Waals surface area (Å²) >= 11 is 1.29. The van der Waals surface area contributed by atoms with Crippen molar-refractivity contribution in [1.29, 1.82) is 0 Å². The molecule has 0 N–H and O–H groups in total. The Morgan fingerprint density at radius 2 is 1.97 bits per heavy atom. The Morgan fingerprint density at radius 1 is 1.24 bits per heavy atom. The minimum Gasteiger partial charge on any atom is -0.462 e.